The second kappa shape index (κ2) is 6.12. The third-order valence-electron chi connectivity index (χ3n) is 3.62. The van der Waals surface area contributed by atoms with Crippen LogP contribution in [0.2, 0.25) is 0 Å². The Morgan fingerprint density at radius 2 is 1.94 bits per heavy atom. The van der Waals surface area contributed by atoms with Crippen molar-refractivity contribution in [2.75, 3.05) is 26.8 Å². The van der Waals surface area contributed by atoms with E-state index in [2.05, 4.69) is 24.1 Å². The maximum atomic E-state index is 11.4. The molecule has 3 heteroatoms. The molecule has 0 bridgehead atoms. The molecule has 2 rings (SSSR count). The Morgan fingerprint density at radius 1 is 1.28 bits per heavy atom. The van der Waals surface area contributed by atoms with Crippen LogP contribution < -0.4 is 0 Å². The molecule has 18 heavy (non-hydrogen) atoms. The molecular formula is C15H21NO2. The first kappa shape index (κ1) is 13.2. The molecule has 1 aliphatic heterocycles. The van der Waals surface area contributed by atoms with Crippen LogP contribution >= 0.6 is 0 Å². The van der Waals surface area contributed by atoms with Crippen LogP contribution in [-0.4, -0.2) is 38.0 Å². The second-order valence-corrected chi connectivity index (χ2v) is 5.25. The summed E-state index contributed by atoms with van der Waals surface area (Å²) in [5.74, 6) is 0. The normalized spacial score (nSPS) is 18.8. The smallest absolute Gasteiger partial charge is 0.127 e. The fraction of sp³-hybridized carbons (Fsp3) is 0.533. The zero-order valence-electron chi connectivity index (χ0n) is 11.0. The molecule has 0 spiro atoms. The van der Waals surface area contributed by atoms with Crippen molar-refractivity contribution in [3.05, 3.63) is 35.9 Å². The van der Waals surface area contributed by atoms with Gasteiger partial charge in [0.05, 0.1) is 0 Å². The van der Waals surface area contributed by atoms with Gasteiger partial charge in [-0.25, -0.2) is 0 Å². The molecule has 0 aliphatic carbocycles. The SMILES string of the molecule is CN(Cc1ccccc1)CC1(C=O)CCOCC1. The van der Waals surface area contributed by atoms with Crippen LogP contribution in [0.15, 0.2) is 30.3 Å². The first-order valence-electron chi connectivity index (χ1n) is 6.51. The molecule has 0 saturated carbocycles. The topological polar surface area (TPSA) is 29.5 Å². The van der Waals surface area contributed by atoms with Crippen LogP contribution in [0.4, 0.5) is 0 Å². The lowest BCUT2D eigenvalue weighted by atomic mass is 9.81. The van der Waals surface area contributed by atoms with Crippen LogP contribution in [0.1, 0.15) is 18.4 Å². The van der Waals surface area contributed by atoms with E-state index in [9.17, 15) is 4.79 Å². The van der Waals surface area contributed by atoms with Crippen LogP contribution in [0.5, 0.6) is 0 Å². The molecule has 1 saturated heterocycles. The number of benzene rings is 1. The van der Waals surface area contributed by atoms with Gasteiger partial charge in [0.15, 0.2) is 0 Å². The van der Waals surface area contributed by atoms with Crippen LogP contribution in [0, 0.1) is 5.41 Å². The molecule has 1 aliphatic rings. The van der Waals surface area contributed by atoms with E-state index < -0.39 is 0 Å². The highest BCUT2D eigenvalue weighted by Crippen LogP contribution is 2.29. The third-order valence-corrected chi connectivity index (χ3v) is 3.62. The molecule has 0 atom stereocenters. The Morgan fingerprint density at radius 3 is 2.56 bits per heavy atom. The molecule has 98 valence electrons. The zero-order valence-corrected chi connectivity index (χ0v) is 11.0. The highest BCUT2D eigenvalue weighted by Gasteiger charge is 2.33. The van der Waals surface area contributed by atoms with Gasteiger partial charge in [-0.3, -0.25) is 0 Å². The summed E-state index contributed by atoms with van der Waals surface area (Å²) in [5.41, 5.74) is 1.08. The largest absolute Gasteiger partial charge is 0.381 e. The molecule has 0 N–H and O–H groups in total. The molecule has 0 unspecified atom stereocenters. The van der Waals surface area contributed by atoms with E-state index in [0.717, 1.165) is 32.2 Å². The molecular weight excluding hydrogens is 226 g/mol. The summed E-state index contributed by atoms with van der Waals surface area (Å²) in [7, 11) is 2.08. The number of hydrogen-bond donors (Lipinski definition) is 0. The molecule has 0 amide bonds. The Labute approximate surface area is 109 Å². The van der Waals surface area contributed by atoms with E-state index in [4.69, 9.17) is 4.74 Å². The molecule has 1 heterocycles. The van der Waals surface area contributed by atoms with E-state index >= 15 is 0 Å². The monoisotopic (exact) mass is 247 g/mol. The number of aldehydes is 1. The average Bonchev–Trinajstić information content (AvgIpc) is 2.41. The maximum Gasteiger partial charge on any atom is 0.127 e. The number of rotatable bonds is 5. The van der Waals surface area contributed by atoms with Gasteiger partial charge in [0.2, 0.25) is 0 Å². The summed E-state index contributed by atoms with van der Waals surface area (Å²) in [5, 5.41) is 0. The lowest BCUT2D eigenvalue weighted by Crippen LogP contribution is -2.41. The number of ether oxygens (including phenoxy) is 1. The van der Waals surface area contributed by atoms with Crippen LogP contribution in [-0.2, 0) is 16.1 Å². The van der Waals surface area contributed by atoms with Crippen LogP contribution in [0.25, 0.3) is 0 Å². The van der Waals surface area contributed by atoms with E-state index in [0.29, 0.717) is 13.2 Å². The molecule has 1 aromatic rings. The third kappa shape index (κ3) is 3.40. The Balaban J connectivity index is 1.93. The maximum absolute atomic E-state index is 11.4. The standard InChI is InChI=1S/C15H21NO2/c1-16(11-14-5-3-2-4-6-14)12-15(13-17)7-9-18-10-8-15/h2-6,13H,7-12H2,1H3. The van der Waals surface area contributed by atoms with Gasteiger partial charge in [-0.15, -0.1) is 0 Å². The van der Waals surface area contributed by atoms with E-state index in [1.165, 1.54) is 5.56 Å². The first-order chi connectivity index (χ1) is 8.74. The fourth-order valence-corrected chi connectivity index (χ4v) is 2.58. The number of carbonyl (C=O) groups is 1. The predicted octanol–water partition coefficient (Wildman–Crippen LogP) is 2.11. The minimum absolute atomic E-state index is 0.207. The van der Waals surface area contributed by atoms with Crippen molar-refractivity contribution in [3.63, 3.8) is 0 Å². The highest BCUT2D eigenvalue weighted by atomic mass is 16.5. The van der Waals surface area contributed by atoms with E-state index in [-0.39, 0.29) is 5.41 Å². The number of nitrogens with zero attached hydrogens (tertiary/aromatic N) is 1. The van der Waals surface area contributed by atoms with Crippen LogP contribution in [0.3, 0.4) is 0 Å². The van der Waals surface area contributed by atoms with Crippen molar-refractivity contribution in [2.45, 2.75) is 19.4 Å². The molecule has 0 radical (unpaired) electrons. The van der Waals surface area contributed by atoms with Gasteiger partial charge in [-0.05, 0) is 25.5 Å². The van der Waals surface area contributed by atoms with Crippen molar-refractivity contribution in [1.29, 1.82) is 0 Å². The summed E-state index contributed by atoms with van der Waals surface area (Å²) in [4.78, 5) is 13.6. The van der Waals surface area contributed by atoms with Gasteiger partial charge in [0.1, 0.15) is 6.29 Å². The van der Waals surface area contributed by atoms with Crippen molar-refractivity contribution in [2.24, 2.45) is 5.41 Å². The van der Waals surface area contributed by atoms with Crippen molar-refractivity contribution in [1.82, 2.24) is 4.90 Å². The van der Waals surface area contributed by atoms with E-state index in [1.807, 2.05) is 18.2 Å². The van der Waals surface area contributed by atoms with Gasteiger partial charge < -0.3 is 14.4 Å². The second-order valence-electron chi connectivity index (χ2n) is 5.25. The van der Waals surface area contributed by atoms with Gasteiger partial charge in [-0.1, -0.05) is 30.3 Å². The fourth-order valence-electron chi connectivity index (χ4n) is 2.58. The van der Waals surface area contributed by atoms with Gasteiger partial charge in [0, 0.05) is 31.7 Å². The van der Waals surface area contributed by atoms with Gasteiger partial charge in [-0.2, -0.15) is 0 Å². The molecule has 1 aromatic carbocycles. The lowest BCUT2D eigenvalue weighted by Gasteiger charge is -2.35. The Bertz CT molecular complexity index is 371. The Kier molecular flexibility index (Phi) is 4.50. The van der Waals surface area contributed by atoms with Crippen molar-refractivity contribution < 1.29 is 9.53 Å². The van der Waals surface area contributed by atoms with Gasteiger partial charge >= 0.3 is 0 Å². The minimum Gasteiger partial charge on any atom is -0.381 e. The van der Waals surface area contributed by atoms with Crippen molar-refractivity contribution >= 4 is 6.29 Å². The first-order valence-corrected chi connectivity index (χ1v) is 6.51. The summed E-state index contributed by atoms with van der Waals surface area (Å²) in [6.45, 7) is 3.11. The zero-order chi connectivity index (χ0) is 12.8. The number of carbonyl (C=O) groups excluding carboxylic acids is 1. The number of hydrogen-bond acceptors (Lipinski definition) is 3. The van der Waals surface area contributed by atoms with Crippen molar-refractivity contribution in [3.8, 4) is 0 Å². The molecule has 3 nitrogen and oxygen atoms in total. The quantitative estimate of drug-likeness (QED) is 0.746. The lowest BCUT2D eigenvalue weighted by molar-refractivity contribution is -0.122. The van der Waals surface area contributed by atoms with E-state index in [1.54, 1.807) is 0 Å². The predicted molar refractivity (Wildman–Crippen MR) is 71.3 cm³/mol. The highest BCUT2D eigenvalue weighted by molar-refractivity contribution is 5.60. The summed E-state index contributed by atoms with van der Waals surface area (Å²) in [6, 6.07) is 10.4. The summed E-state index contributed by atoms with van der Waals surface area (Å²) in [6.07, 6.45) is 2.82. The molecule has 0 aromatic heterocycles. The summed E-state index contributed by atoms with van der Waals surface area (Å²) < 4.78 is 5.35. The summed E-state index contributed by atoms with van der Waals surface area (Å²) >= 11 is 0. The average molecular weight is 247 g/mol. The Hall–Kier alpha value is -1.19. The molecule has 1 fully saturated rings. The van der Waals surface area contributed by atoms with Gasteiger partial charge in [0.25, 0.3) is 0 Å². The minimum atomic E-state index is -0.207.